The molecule has 0 amide bonds. The zero-order chi connectivity index (χ0) is 14.5. The van der Waals surface area contributed by atoms with Gasteiger partial charge in [0.1, 0.15) is 5.75 Å². The molecule has 1 aliphatic carbocycles. The number of benzene rings is 1. The average Bonchev–Trinajstić information content (AvgIpc) is 2.41. The Bertz CT molecular complexity index is 398. The molecule has 0 aliphatic heterocycles. The van der Waals surface area contributed by atoms with E-state index in [2.05, 4.69) is 57.3 Å². The van der Waals surface area contributed by atoms with E-state index in [0.29, 0.717) is 12.1 Å². The second-order valence-electron chi connectivity index (χ2n) is 6.49. The minimum absolute atomic E-state index is 0.236. The monoisotopic (exact) mass is 275 g/mol. The van der Waals surface area contributed by atoms with Crippen LogP contribution in [0.15, 0.2) is 24.3 Å². The lowest BCUT2D eigenvalue weighted by Crippen LogP contribution is -2.38. The molecule has 1 fully saturated rings. The fourth-order valence-corrected chi connectivity index (χ4v) is 3.09. The fraction of sp³-hybridized carbons (Fsp3) is 0.667. The van der Waals surface area contributed by atoms with Crippen LogP contribution < -0.4 is 10.1 Å². The summed E-state index contributed by atoms with van der Waals surface area (Å²) in [5.74, 6) is 1.76. The number of ether oxygens (including phenoxy) is 1. The molecule has 2 nitrogen and oxygen atoms in total. The standard InChI is InChI=1S/C18H29NO/c1-13(2)20-17-11-9-16(10-12-17)15(4)19-18-8-6-5-7-14(18)3/h9-15,18-19H,5-8H2,1-4H3. The van der Waals surface area contributed by atoms with Crippen molar-refractivity contribution in [2.75, 3.05) is 0 Å². The Hall–Kier alpha value is -1.02. The van der Waals surface area contributed by atoms with Crippen LogP contribution in [0.3, 0.4) is 0 Å². The van der Waals surface area contributed by atoms with Crippen LogP contribution >= 0.6 is 0 Å². The average molecular weight is 275 g/mol. The molecule has 0 bridgehead atoms. The summed E-state index contributed by atoms with van der Waals surface area (Å²) in [5.41, 5.74) is 1.35. The predicted molar refractivity (Wildman–Crippen MR) is 85.2 cm³/mol. The van der Waals surface area contributed by atoms with Crippen molar-refractivity contribution in [2.24, 2.45) is 5.92 Å². The molecule has 0 saturated heterocycles. The summed E-state index contributed by atoms with van der Waals surface area (Å²) in [6.07, 6.45) is 5.69. The minimum Gasteiger partial charge on any atom is -0.491 e. The molecule has 1 aromatic carbocycles. The highest BCUT2D eigenvalue weighted by molar-refractivity contribution is 5.29. The molecule has 3 unspecified atom stereocenters. The van der Waals surface area contributed by atoms with Gasteiger partial charge in [-0.15, -0.1) is 0 Å². The molecule has 112 valence electrons. The molecule has 3 atom stereocenters. The predicted octanol–water partition coefficient (Wildman–Crippen LogP) is 4.70. The van der Waals surface area contributed by atoms with Crippen LogP contribution in [0.25, 0.3) is 0 Å². The molecule has 1 aromatic rings. The van der Waals surface area contributed by atoms with Gasteiger partial charge < -0.3 is 10.1 Å². The summed E-state index contributed by atoms with van der Waals surface area (Å²) in [7, 11) is 0. The molecular weight excluding hydrogens is 246 g/mol. The summed E-state index contributed by atoms with van der Waals surface area (Å²) in [5, 5.41) is 3.80. The SMILES string of the molecule is CC(C)Oc1ccc(C(C)NC2CCCCC2C)cc1. The summed E-state index contributed by atoms with van der Waals surface area (Å²) in [6, 6.07) is 9.61. The van der Waals surface area contributed by atoms with E-state index < -0.39 is 0 Å². The summed E-state index contributed by atoms with van der Waals surface area (Å²) < 4.78 is 5.70. The zero-order valence-electron chi connectivity index (χ0n) is 13.4. The molecule has 20 heavy (non-hydrogen) atoms. The van der Waals surface area contributed by atoms with Crippen LogP contribution in [0.5, 0.6) is 5.75 Å². The van der Waals surface area contributed by atoms with Gasteiger partial charge in [-0.05, 0) is 57.2 Å². The Morgan fingerprint density at radius 3 is 2.30 bits per heavy atom. The maximum Gasteiger partial charge on any atom is 0.119 e. The number of rotatable bonds is 5. The van der Waals surface area contributed by atoms with E-state index >= 15 is 0 Å². The van der Waals surface area contributed by atoms with E-state index in [-0.39, 0.29) is 6.10 Å². The van der Waals surface area contributed by atoms with Gasteiger partial charge in [0.2, 0.25) is 0 Å². The maximum absolute atomic E-state index is 5.70. The van der Waals surface area contributed by atoms with Crippen LogP contribution in [0, 0.1) is 5.92 Å². The van der Waals surface area contributed by atoms with Gasteiger partial charge in [-0.3, -0.25) is 0 Å². The number of hydrogen-bond donors (Lipinski definition) is 1. The highest BCUT2D eigenvalue weighted by Gasteiger charge is 2.22. The first-order valence-electron chi connectivity index (χ1n) is 8.09. The first-order valence-corrected chi connectivity index (χ1v) is 8.09. The smallest absolute Gasteiger partial charge is 0.119 e. The molecular formula is C18H29NO. The Kier molecular flexibility index (Phi) is 5.47. The largest absolute Gasteiger partial charge is 0.491 e. The maximum atomic E-state index is 5.70. The van der Waals surface area contributed by atoms with Crippen molar-refractivity contribution in [1.29, 1.82) is 0 Å². The lowest BCUT2D eigenvalue weighted by Gasteiger charge is -2.32. The minimum atomic E-state index is 0.236. The van der Waals surface area contributed by atoms with Crippen molar-refractivity contribution in [3.63, 3.8) is 0 Å². The van der Waals surface area contributed by atoms with Gasteiger partial charge in [0, 0.05) is 12.1 Å². The number of nitrogens with one attached hydrogen (secondary N) is 1. The lowest BCUT2D eigenvalue weighted by atomic mass is 9.85. The second kappa shape index (κ2) is 7.12. The third kappa shape index (κ3) is 4.24. The van der Waals surface area contributed by atoms with E-state index in [1.54, 1.807) is 0 Å². The first-order chi connectivity index (χ1) is 9.56. The Balaban J connectivity index is 1.93. The van der Waals surface area contributed by atoms with Crippen LogP contribution in [-0.4, -0.2) is 12.1 Å². The van der Waals surface area contributed by atoms with Gasteiger partial charge in [-0.1, -0.05) is 31.9 Å². The molecule has 2 rings (SSSR count). The highest BCUT2D eigenvalue weighted by atomic mass is 16.5. The van der Waals surface area contributed by atoms with Crippen LogP contribution in [-0.2, 0) is 0 Å². The van der Waals surface area contributed by atoms with E-state index in [1.165, 1.54) is 31.2 Å². The molecule has 0 heterocycles. The van der Waals surface area contributed by atoms with Gasteiger partial charge >= 0.3 is 0 Å². The molecule has 1 N–H and O–H groups in total. The van der Waals surface area contributed by atoms with Crippen molar-refractivity contribution in [2.45, 2.75) is 71.6 Å². The molecule has 0 aromatic heterocycles. The quantitative estimate of drug-likeness (QED) is 0.840. The van der Waals surface area contributed by atoms with Gasteiger partial charge in [0.25, 0.3) is 0 Å². The van der Waals surface area contributed by atoms with Crippen LogP contribution in [0.2, 0.25) is 0 Å². The van der Waals surface area contributed by atoms with Crippen LogP contribution in [0.4, 0.5) is 0 Å². The summed E-state index contributed by atoms with van der Waals surface area (Å²) >= 11 is 0. The van der Waals surface area contributed by atoms with Gasteiger partial charge in [-0.2, -0.15) is 0 Å². The summed E-state index contributed by atoms with van der Waals surface area (Å²) in [4.78, 5) is 0. The molecule has 0 spiro atoms. The topological polar surface area (TPSA) is 21.3 Å². The fourth-order valence-electron chi connectivity index (χ4n) is 3.09. The Labute approximate surface area is 123 Å². The molecule has 1 aliphatic rings. The van der Waals surface area contributed by atoms with Gasteiger partial charge in [0.15, 0.2) is 0 Å². The van der Waals surface area contributed by atoms with E-state index in [4.69, 9.17) is 4.74 Å². The highest BCUT2D eigenvalue weighted by Crippen LogP contribution is 2.26. The van der Waals surface area contributed by atoms with Crippen molar-refractivity contribution < 1.29 is 4.74 Å². The third-order valence-electron chi connectivity index (χ3n) is 4.33. The van der Waals surface area contributed by atoms with Gasteiger partial charge in [-0.25, -0.2) is 0 Å². The normalized spacial score (nSPS) is 24.6. The molecule has 1 saturated carbocycles. The number of hydrogen-bond acceptors (Lipinski definition) is 2. The molecule has 2 heteroatoms. The van der Waals surface area contributed by atoms with E-state index in [9.17, 15) is 0 Å². The zero-order valence-corrected chi connectivity index (χ0v) is 13.4. The van der Waals surface area contributed by atoms with Crippen molar-refractivity contribution in [1.82, 2.24) is 5.32 Å². The van der Waals surface area contributed by atoms with Crippen molar-refractivity contribution in [3.8, 4) is 5.75 Å². The lowest BCUT2D eigenvalue weighted by molar-refractivity contribution is 0.242. The Morgan fingerprint density at radius 1 is 1.05 bits per heavy atom. The van der Waals surface area contributed by atoms with E-state index in [1.807, 2.05) is 0 Å². The first kappa shape index (κ1) is 15.4. The molecule has 0 radical (unpaired) electrons. The van der Waals surface area contributed by atoms with Crippen molar-refractivity contribution in [3.05, 3.63) is 29.8 Å². The van der Waals surface area contributed by atoms with E-state index in [0.717, 1.165) is 11.7 Å². The third-order valence-corrected chi connectivity index (χ3v) is 4.33. The van der Waals surface area contributed by atoms with Crippen LogP contribution in [0.1, 0.15) is 65.0 Å². The van der Waals surface area contributed by atoms with Gasteiger partial charge in [0.05, 0.1) is 6.10 Å². The summed E-state index contributed by atoms with van der Waals surface area (Å²) in [6.45, 7) is 8.76. The van der Waals surface area contributed by atoms with Crippen molar-refractivity contribution >= 4 is 0 Å². The second-order valence-corrected chi connectivity index (χ2v) is 6.49. The Morgan fingerprint density at radius 2 is 1.70 bits per heavy atom.